The van der Waals surface area contributed by atoms with Crippen LogP contribution in [-0.2, 0) is 13.0 Å². The summed E-state index contributed by atoms with van der Waals surface area (Å²) in [6.07, 6.45) is 1.04. The van der Waals surface area contributed by atoms with E-state index in [0.29, 0.717) is 0 Å². The van der Waals surface area contributed by atoms with Crippen LogP contribution in [0, 0.1) is 0 Å². The molecule has 0 radical (unpaired) electrons. The van der Waals surface area contributed by atoms with Gasteiger partial charge in [0.2, 0.25) is 0 Å². The van der Waals surface area contributed by atoms with Crippen LogP contribution in [0.2, 0.25) is 0 Å². The van der Waals surface area contributed by atoms with Crippen LogP contribution in [-0.4, -0.2) is 24.5 Å². The highest BCUT2D eigenvalue weighted by molar-refractivity contribution is 9.10. The third kappa shape index (κ3) is 2.33. The van der Waals surface area contributed by atoms with E-state index in [1.807, 2.05) is 6.07 Å². The molecule has 0 unspecified atom stereocenters. The summed E-state index contributed by atoms with van der Waals surface area (Å²) >= 11 is 3.48. The molecule has 0 saturated heterocycles. The maximum Gasteiger partial charge on any atom is 0.0361 e. The monoisotopic (exact) mass is 269 g/mol. The van der Waals surface area contributed by atoms with Gasteiger partial charge < -0.3 is 11.5 Å². The largest absolute Gasteiger partial charge is 0.398 e. The molecular weight excluding hydrogens is 254 g/mol. The molecule has 2 rings (SSSR count). The van der Waals surface area contributed by atoms with Gasteiger partial charge in [0.05, 0.1) is 0 Å². The Labute approximate surface area is 98.6 Å². The van der Waals surface area contributed by atoms with Crippen molar-refractivity contribution in [1.29, 1.82) is 0 Å². The highest BCUT2D eigenvalue weighted by atomic mass is 79.9. The molecule has 0 aliphatic carbocycles. The Balaban J connectivity index is 2.25. The van der Waals surface area contributed by atoms with Gasteiger partial charge in [-0.05, 0) is 29.7 Å². The van der Waals surface area contributed by atoms with E-state index in [2.05, 4.69) is 26.9 Å². The second kappa shape index (κ2) is 4.51. The summed E-state index contributed by atoms with van der Waals surface area (Å²) in [7, 11) is 0. The van der Waals surface area contributed by atoms with E-state index in [-0.39, 0.29) is 0 Å². The van der Waals surface area contributed by atoms with Crippen LogP contribution in [0.25, 0.3) is 0 Å². The molecule has 82 valence electrons. The Hall–Kier alpha value is -0.580. The number of nitrogen functional groups attached to an aromatic ring is 1. The average Bonchev–Trinajstić information content (AvgIpc) is 2.17. The van der Waals surface area contributed by atoms with Gasteiger partial charge in [0, 0.05) is 36.3 Å². The first-order valence-electron chi connectivity index (χ1n) is 5.20. The van der Waals surface area contributed by atoms with Crippen LogP contribution in [0.1, 0.15) is 11.1 Å². The van der Waals surface area contributed by atoms with Crippen molar-refractivity contribution in [2.75, 3.05) is 25.4 Å². The maximum absolute atomic E-state index is 5.99. The summed E-state index contributed by atoms with van der Waals surface area (Å²) in [5.74, 6) is 0. The lowest BCUT2D eigenvalue weighted by Gasteiger charge is -2.29. The fourth-order valence-electron chi connectivity index (χ4n) is 2.13. The van der Waals surface area contributed by atoms with E-state index in [0.717, 1.165) is 42.8 Å². The van der Waals surface area contributed by atoms with Gasteiger partial charge in [0.25, 0.3) is 0 Å². The number of fused-ring (bicyclic) bond motifs is 1. The van der Waals surface area contributed by atoms with E-state index in [1.165, 1.54) is 11.1 Å². The molecule has 0 fully saturated rings. The molecule has 0 atom stereocenters. The Kier molecular flexibility index (Phi) is 3.29. The molecule has 4 N–H and O–H groups in total. The fraction of sp³-hybridized carbons (Fsp3) is 0.455. The first kappa shape index (κ1) is 10.9. The number of halogens is 1. The Morgan fingerprint density at radius 3 is 2.93 bits per heavy atom. The van der Waals surface area contributed by atoms with Crippen LogP contribution in [0.3, 0.4) is 0 Å². The molecule has 0 aromatic heterocycles. The van der Waals surface area contributed by atoms with Gasteiger partial charge >= 0.3 is 0 Å². The standard InChI is InChI=1S/C11H16BrN3/c12-9-5-8-7-15(4-2-13)3-1-10(8)11(14)6-9/h5-6H,1-4,7,13-14H2. The van der Waals surface area contributed by atoms with Crippen LogP contribution < -0.4 is 11.5 Å². The topological polar surface area (TPSA) is 55.3 Å². The van der Waals surface area contributed by atoms with Crippen LogP contribution in [0.15, 0.2) is 16.6 Å². The van der Waals surface area contributed by atoms with E-state index in [1.54, 1.807) is 0 Å². The summed E-state index contributed by atoms with van der Waals surface area (Å²) in [5, 5.41) is 0. The smallest absolute Gasteiger partial charge is 0.0361 e. The van der Waals surface area contributed by atoms with Crippen LogP contribution in [0.5, 0.6) is 0 Å². The maximum atomic E-state index is 5.99. The van der Waals surface area contributed by atoms with Gasteiger partial charge in [0.15, 0.2) is 0 Å². The molecule has 1 aliphatic heterocycles. The molecular formula is C11H16BrN3. The first-order chi connectivity index (χ1) is 7.20. The van der Waals surface area contributed by atoms with E-state index in [9.17, 15) is 0 Å². The predicted octanol–water partition coefficient (Wildman–Crippen LogP) is 1.35. The highest BCUT2D eigenvalue weighted by Gasteiger charge is 2.17. The second-order valence-corrected chi connectivity index (χ2v) is 4.86. The van der Waals surface area contributed by atoms with Crippen LogP contribution in [0.4, 0.5) is 5.69 Å². The van der Waals surface area contributed by atoms with Gasteiger partial charge in [-0.25, -0.2) is 0 Å². The van der Waals surface area contributed by atoms with Gasteiger partial charge in [0.1, 0.15) is 0 Å². The van der Waals surface area contributed by atoms with Gasteiger partial charge in [-0.2, -0.15) is 0 Å². The normalized spacial score (nSPS) is 16.4. The van der Waals surface area contributed by atoms with Crippen molar-refractivity contribution >= 4 is 21.6 Å². The van der Waals surface area contributed by atoms with Crippen molar-refractivity contribution in [3.05, 3.63) is 27.7 Å². The molecule has 0 saturated carbocycles. The van der Waals surface area contributed by atoms with Crippen molar-refractivity contribution in [3.8, 4) is 0 Å². The summed E-state index contributed by atoms with van der Waals surface area (Å²) in [6, 6.07) is 4.14. The molecule has 0 spiro atoms. The molecule has 1 heterocycles. The lowest BCUT2D eigenvalue weighted by atomic mass is 9.98. The Morgan fingerprint density at radius 2 is 2.20 bits per heavy atom. The number of benzene rings is 1. The minimum atomic E-state index is 0.721. The SMILES string of the molecule is NCCN1CCc2c(N)cc(Br)cc2C1. The lowest BCUT2D eigenvalue weighted by molar-refractivity contribution is 0.262. The molecule has 1 aliphatic rings. The number of nitrogens with zero attached hydrogens (tertiary/aromatic N) is 1. The van der Waals surface area contributed by atoms with Crippen LogP contribution >= 0.6 is 15.9 Å². The number of rotatable bonds is 2. The minimum Gasteiger partial charge on any atom is -0.398 e. The molecule has 3 nitrogen and oxygen atoms in total. The molecule has 1 aromatic rings. The molecule has 1 aromatic carbocycles. The molecule has 15 heavy (non-hydrogen) atoms. The van der Waals surface area contributed by atoms with Crippen molar-refractivity contribution in [2.45, 2.75) is 13.0 Å². The molecule has 4 heteroatoms. The molecule has 0 bridgehead atoms. The van der Waals surface area contributed by atoms with Crippen molar-refractivity contribution in [2.24, 2.45) is 5.73 Å². The van der Waals surface area contributed by atoms with E-state index in [4.69, 9.17) is 11.5 Å². The van der Waals surface area contributed by atoms with Gasteiger partial charge in [-0.1, -0.05) is 15.9 Å². The van der Waals surface area contributed by atoms with Gasteiger partial charge in [-0.15, -0.1) is 0 Å². The zero-order valence-corrected chi connectivity index (χ0v) is 10.3. The molecule has 0 amide bonds. The van der Waals surface area contributed by atoms with Crippen molar-refractivity contribution in [1.82, 2.24) is 4.90 Å². The number of nitrogens with two attached hydrogens (primary N) is 2. The Morgan fingerprint density at radius 1 is 1.40 bits per heavy atom. The Bertz CT molecular complexity index is 365. The van der Waals surface area contributed by atoms with Crippen molar-refractivity contribution < 1.29 is 0 Å². The van der Waals surface area contributed by atoms with Gasteiger partial charge in [-0.3, -0.25) is 4.90 Å². The zero-order valence-electron chi connectivity index (χ0n) is 8.67. The minimum absolute atomic E-state index is 0.721. The predicted molar refractivity (Wildman–Crippen MR) is 66.6 cm³/mol. The third-order valence-electron chi connectivity index (χ3n) is 2.86. The summed E-state index contributed by atoms with van der Waals surface area (Å²) < 4.78 is 1.06. The number of hydrogen-bond donors (Lipinski definition) is 2. The summed E-state index contributed by atoms with van der Waals surface area (Å²) in [5.41, 5.74) is 15.1. The second-order valence-electron chi connectivity index (χ2n) is 3.95. The van der Waals surface area contributed by atoms with Crippen molar-refractivity contribution in [3.63, 3.8) is 0 Å². The first-order valence-corrected chi connectivity index (χ1v) is 5.99. The lowest BCUT2D eigenvalue weighted by Crippen LogP contribution is -2.34. The fourth-order valence-corrected chi connectivity index (χ4v) is 2.65. The number of hydrogen-bond acceptors (Lipinski definition) is 3. The van der Waals surface area contributed by atoms with E-state index >= 15 is 0 Å². The number of anilines is 1. The quantitative estimate of drug-likeness (QED) is 0.797. The highest BCUT2D eigenvalue weighted by Crippen LogP contribution is 2.28. The average molecular weight is 270 g/mol. The summed E-state index contributed by atoms with van der Waals surface area (Å²) in [4.78, 5) is 2.37. The third-order valence-corrected chi connectivity index (χ3v) is 3.32. The van der Waals surface area contributed by atoms with E-state index < -0.39 is 0 Å². The zero-order chi connectivity index (χ0) is 10.8. The summed E-state index contributed by atoms with van der Waals surface area (Å²) in [6.45, 7) is 3.72.